The van der Waals surface area contributed by atoms with Gasteiger partial charge < -0.3 is 15.4 Å². The molecular formula is C20H22N4O4. The van der Waals surface area contributed by atoms with Crippen molar-refractivity contribution in [3.8, 4) is 5.75 Å². The highest BCUT2D eigenvalue weighted by atomic mass is 16.5. The zero-order chi connectivity index (χ0) is 20.1. The number of H-pyrrole nitrogens is 1. The van der Waals surface area contributed by atoms with Crippen molar-refractivity contribution in [3.05, 3.63) is 74.8 Å². The Kier molecular flexibility index (Phi) is 5.78. The van der Waals surface area contributed by atoms with Crippen molar-refractivity contribution in [3.63, 3.8) is 0 Å². The molecule has 28 heavy (non-hydrogen) atoms. The first-order valence-corrected chi connectivity index (χ1v) is 8.90. The van der Waals surface area contributed by atoms with Gasteiger partial charge in [0.25, 0.3) is 11.1 Å². The fourth-order valence-corrected chi connectivity index (χ4v) is 2.91. The molecule has 1 heterocycles. The normalized spacial score (nSPS) is 11.8. The van der Waals surface area contributed by atoms with Crippen LogP contribution in [0.25, 0.3) is 10.8 Å². The van der Waals surface area contributed by atoms with Crippen LogP contribution in [0.1, 0.15) is 18.5 Å². The van der Waals surface area contributed by atoms with Gasteiger partial charge in [-0.3, -0.25) is 14.7 Å². The molecule has 2 amide bonds. The Bertz CT molecular complexity index is 1090. The monoisotopic (exact) mass is 382 g/mol. The number of ether oxygens (including phenoxy) is 1. The number of aromatic nitrogens is 2. The van der Waals surface area contributed by atoms with Crippen molar-refractivity contribution in [1.82, 2.24) is 20.4 Å². The number of nitrogens with one attached hydrogen (secondary N) is 3. The molecule has 0 bridgehead atoms. The number of carbonyl (C=O) groups excluding carboxylic acids is 1. The Balaban J connectivity index is 1.58. The Morgan fingerprint density at radius 2 is 1.79 bits per heavy atom. The van der Waals surface area contributed by atoms with Crippen LogP contribution in [0.3, 0.4) is 0 Å². The second-order valence-electron chi connectivity index (χ2n) is 6.34. The quantitative estimate of drug-likeness (QED) is 0.604. The number of rotatable bonds is 6. The first-order valence-electron chi connectivity index (χ1n) is 8.90. The van der Waals surface area contributed by atoms with Gasteiger partial charge in [0.05, 0.1) is 30.5 Å². The number of benzene rings is 2. The van der Waals surface area contributed by atoms with Crippen LogP contribution in [0.2, 0.25) is 0 Å². The zero-order valence-electron chi connectivity index (χ0n) is 15.7. The van der Waals surface area contributed by atoms with E-state index in [2.05, 4.69) is 15.7 Å². The molecule has 0 aliphatic carbocycles. The highest BCUT2D eigenvalue weighted by Crippen LogP contribution is 2.16. The van der Waals surface area contributed by atoms with Crippen LogP contribution >= 0.6 is 0 Å². The lowest BCUT2D eigenvalue weighted by atomic mass is 10.1. The molecule has 0 unspecified atom stereocenters. The number of carbonyl (C=O) groups is 1. The molecule has 0 saturated carbocycles. The molecule has 3 aromatic rings. The number of methoxy groups -OCH3 is 1. The maximum absolute atomic E-state index is 12.4. The maximum atomic E-state index is 12.4. The van der Waals surface area contributed by atoms with Crippen molar-refractivity contribution in [2.24, 2.45) is 0 Å². The minimum absolute atomic E-state index is 0.156. The van der Waals surface area contributed by atoms with Gasteiger partial charge in [-0.15, -0.1) is 0 Å². The molecule has 8 heteroatoms. The summed E-state index contributed by atoms with van der Waals surface area (Å²) in [7, 11) is 1.60. The van der Waals surface area contributed by atoms with E-state index in [1.165, 1.54) is 4.68 Å². The van der Waals surface area contributed by atoms with Crippen molar-refractivity contribution >= 4 is 16.8 Å². The Hall–Kier alpha value is -3.55. The SMILES string of the molecule is COc1ccc([C@@H](C)NC(=O)NCCn2[nH]c(=O)c3ccccc3c2=O)cc1. The third kappa shape index (κ3) is 4.22. The molecular weight excluding hydrogens is 360 g/mol. The summed E-state index contributed by atoms with van der Waals surface area (Å²) >= 11 is 0. The lowest BCUT2D eigenvalue weighted by molar-refractivity contribution is 0.237. The first-order chi connectivity index (χ1) is 13.5. The summed E-state index contributed by atoms with van der Waals surface area (Å²) in [6.07, 6.45) is 0. The van der Waals surface area contributed by atoms with Crippen LogP contribution in [-0.4, -0.2) is 29.5 Å². The molecule has 0 fully saturated rings. The lowest BCUT2D eigenvalue weighted by Crippen LogP contribution is -2.40. The van der Waals surface area contributed by atoms with Crippen molar-refractivity contribution < 1.29 is 9.53 Å². The summed E-state index contributed by atoms with van der Waals surface area (Å²) in [5, 5.41) is 8.75. The average molecular weight is 382 g/mol. The predicted octanol–water partition coefficient (Wildman–Crippen LogP) is 1.76. The van der Waals surface area contributed by atoms with Gasteiger partial charge in [-0.05, 0) is 36.8 Å². The number of urea groups is 1. The highest BCUT2D eigenvalue weighted by molar-refractivity contribution is 5.80. The molecule has 0 radical (unpaired) electrons. The molecule has 0 aliphatic rings. The molecule has 2 aromatic carbocycles. The number of fused-ring (bicyclic) bond motifs is 1. The van der Waals surface area contributed by atoms with E-state index in [0.717, 1.165) is 11.3 Å². The van der Waals surface area contributed by atoms with Crippen LogP contribution in [0.15, 0.2) is 58.1 Å². The van der Waals surface area contributed by atoms with Gasteiger partial charge in [0.1, 0.15) is 5.75 Å². The molecule has 0 spiro atoms. The van der Waals surface area contributed by atoms with Crippen LogP contribution in [-0.2, 0) is 6.54 Å². The van der Waals surface area contributed by atoms with E-state index < -0.39 is 0 Å². The topological polar surface area (TPSA) is 105 Å². The molecule has 1 aromatic heterocycles. The van der Waals surface area contributed by atoms with Gasteiger partial charge in [-0.1, -0.05) is 24.3 Å². The summed E-state index contributed by atoms with van der Waals surface area (Å²) in [5.41, 5.74) is 0.294. The van der Waals surface area contributed by atoms with E-state index in [9.17, 15) is 14.4 Å². The van der Waals surface area contributed by atoms with Gasteiger partial charge in [-0.2, -0.15) is 0 Å². The van der Waals surface area contributed by atoms with E-state index in [-0.39, 0.29) is 36.3 Å². The Labute approximate surface area is 161 Å². The lowest BCUT2D eigenvalue weighted by Gasteiger charge is -2.15. The van der Waals surface area contributed by atoms with Gasteiger partial charge in [0, 0.05) is 6.54 Å². The molecule has 3 rings (SSSR count). The summed E-state index contributed by atoms with van der Waals surface area (Å²) in [5.74, 6) is 0.746. The summed E-state index contributed by atoms with van der Waals surface area (Å²) in [6.45, 7) is 2.21. The number of hydrogen-bond donors (Lipinski definition) is 3. The summed E-state index contributed by atoms with van der Waals surface area (Å²) < 4.78 is 6.32. The van der Waals surface area contributed by atoms with E-state index in [1.54, 1.807) is 31.4 Å². The second-order valence-corrected chi connectivity index (χ2v) is 6.34. The van der Waals surface area contributed by atoms with Gasteiger partial charge in [0.2, 0.25) is 0 Å². The fraction of sp³-hybridized carbons (Fsp3) is 0.250. The molecule has 1 atom stereocenters. The van der Waals surface area contributed by atoms with Crippen LogP contribution < -0.4 is 26.5 Å². The number of aromatic amines is 1. The van der Waals surface area contributed by atoms with Gasteiger partial charge >= 0.3 is 6.03 Å². The Morgan fingerprint density at radius 3 is 2.46 bits per heavy atom. The molecule has 8 nitrogen and oxygen atoms in total. The second kappa shape index (κ2) is 8.43. The van der Waals surface area contributed by atoms with E-state index in [0.29, 0.717) is 10.8 Å². The third-order valence-corrected chi connectivity index (χ3v) is 4.47. The van der Waals surface area contributed by atoms with Crippen molar-refractivity contribution in [2.75, 3.05) is 13.7 Å². The maximum Gasteiger partial charge on any atom is 0.315 e. The summed E-state index contributed by atoms with van der Waals surface area (Å²) in [6, 6.07) is 13.5. The first kappa shape index (κ1) is 19.2. The van der Waals surface area contributed by atoms with Crippen LogP contribution in [0.5, 0.6) is 5.75 Å². The molecule has 146 valence electrons. The molecule has 0 aliphatic heterocycles. The van der Waals surface area contributed by atoms with E-state index in [4.69, 9.17) is 4.74 Å². The van der Waals surface area contributed by atoms with Crippen molar-refractivity contribution in [1.29, 1.82) is 0 Å². The molecule has 3 N–H and O–H groups in total. The average Bonchev–Trinajstić information content (AvgIpc) is 2.71. The van der Waals surface area contributed by atoms with Gasteiger partial charge in [-0.25, -0.2) is 9.48 Å². The minimum Gasteiger partial charge on any atom is -0.497 e. The minimum atomic E-state index is -0.362. The fourth-order valence-electron chi connectivity index (χ4n) is 2.91. The zero-order valence-corrected chi connectivity index (χ0v) is 15.7. The number of nitrogens with zero attached hydrogens (tertiary/aromatic N) is 1. The van der Waals surface area contributed by atoms with Gasteiger partial charge in [0.15, 0.2) is 0 Å². The number of hydrogen-bond acceptors (Lipinski definition) is 4. The smallest absolute Gasteiger partial charge is 0.315 e. The summed E-state index contributed by atoms with van der Waals surface area (Å²) in [4.78, 5) is 36.6. The largest absolute Gasteiger partial charge is 0.497 e. The highest BCUT2D eigenvalue weighted by Gasteiger charge is 2.10. The Morgan fingerprint density at radius 1 is 1.11 bits per heavy atom. The van der Waals surface area contributed by atoms with E-state index >= 15 is 0 Å². The van der Waals surface area contributed by atoms with Crippen LogP contribution in [0, 0.1) is 0 Å². The van der Waals surface area contributed by atoms with Crippen molar-refractivity contribution in [2.45, 2.75) is 19.5 Å². The number of amides is 2. The molecule has 0 saturated heterocycles. The van der Waals surface area contributed by atoms with E-state index in [1.807, 2.05) is 31.2 Å². The third-order valence-electron chi connectivity index (χ3n) is 4.47. The van der Waals surface area contributed by atoms with Crippen LogP contribution in [0.4, 0.5) is 4.79 Å². The standard InChI is InChI=1S/C20H22N4O4/c1-13(14-7-9-15(28-2)10-8-14)22-20(27)21-11-12-24-19(26)17-6-4-3-5-16(17)18(25)23-24/h3-10,13H,11-12H2,1-2H3,(H,23,25)(H2,21,22,27)/t13-/m1/s1. The predicted molar refractivity (Wildman–Crippen MR) is 107 cm³/mol.